The predicted octanol–water partition coefficient (Wildman–Crippen LogP) is 13.2. The molecule has 2 unspecified atom stereocenters. The molecule has 278 valence electrons. The summed E-state index contributed by atoms with van der Waals surface area (Å²) in [5.74, 6) is 1.28. The van der Waals surface area contributed by atoms with Gasteiger partial charge in [0.05, 0.1) is 28.3 Å². The molecule has 2 aromatic heterocycles. The van der Waals surface area contributed by atoms with Gasteiger partial charge in [-0.1, -0.05) is 109 Å². The maximum absolute atomic E-state index is 5.43. The van der Waals surface area contributed by atoms with Crippen molar-refractivity contribution in [3.05, 3.63) is 185 Å². The standard InChI is InChI=1S/C53H46N4/c1-3-14-36(15-4-1)37-26-30-42(31-27-37)57-48-24-11-9-20-43(48)44-34-35-50-51(52(44)57)45-21-10-12-25-49(45)56(50)41-32-28-40(29-33-41)53-54-46(38-16-5-2-6-17-38)22-13-23-47(55-53)39-18-7-8-19-39/h1-6,9-10,12,14,16-18,20-21,25-36,47H,7-8,11,13,15,19,22-24H2/b54-46+,55-53-. The summed E-state index contributed by atoms with van der Waals surface area (Å²) < 4.78 is 5.03. The average Bonchev–Trinajstić information content (AvgIpc) is 4.00. The lowest BCUT2D eigenvalue weighted by Gasteiger charge is -2.20. The first-order valence-corrected chi connectivity index (χ1v) is 21.0. The van der Waals surface area contributed by atoms with Crippen LogP contribution in [0, 0.1) is 0 Å². The number of para-hydroxylation sites is 1. The molecule has 0 spiro atoms. The normalized spacial score (nSPS) is 21.2. The van der Waals surface area contributed by atoms with Crippen LogP contribution in [-0.2, 0) is 6.42 Å². The second-order valence-electron chi connectivity index (χ2n) is 16.1. The Bertz CT molecular complexity index is 2850. The molecule has 0 bridgehead atoms. The van der Waals surface area contributed by atoms with Crippen molar-refractivity contribution in [2.45, 2.75) is 69.7 Å². The van der Waals surface area contributed by atoms with E-state index in [4.69, 9.17) is 9.98 Å². The lowest BCUT2D eigenvalue weighted by atomic mass is 9.92. The fraction of sp³-hybridized carbons (Fsp3) is 0.208. The Morgan fingerprint density at radius 1 is 0.614 bits per heavy atom. The van der Waals surface area contributed by atoms with Gasteiger partial charge in [0, 0.05) is 50.3 Å². The molecule has 0 radical (unpaired) electrons. The van der Waals surface area contributed by atoms with E-state index in [0.29, 0.717) is 5.92 Å². The molecule has 4 aliphatic rings. The van der Waals surface area contributed by atoms with Crippen LogP contribution in [0.5, 0.6) is 0 Å². The number of rotatable bonds is 6. The first kappa shape index (κ1) is 34.0. The van der Waals surface area contributed by atoms with E-state index in [-0.39, 0.29) is 6.04 Å². The third kappa shape index (κ3) is 5.98. The van der Waals surface area contributed by atoms with Crippen LogP contribution in [-0.4, -0.2) is 26.7 Å². The highest BCUT2D eigenvalue weighted by Crippen LogP contribution is 2.43. The van der Waals surface area contributed by atoms with E-state index >= 15 is 0 Å². The van der Waals surface area contributed by atoms with E-state index in [0.717, 1.165) is 67.7 Å². The Labute approximate surface area is 334 Å². The molecule has 0 saturated heterocycles. The van der Waals surface area contributed by atoms with E-state index in [1.165, 1.54) is 79.2 Å². The van der Waals surface area contributed by atoms with Crippen molar-refractivity contribution in [3.8, 4) is 11.4 Å². The van der Waals surface area contributed by atoms with Crippen LogP contribution in [0.15, 0.2) is 167 Å². The van der Waals surface area contributed by atoms with Gasteiger partial charge in [-0.2, -0.15) is 0 Å². The number of aliphatic imine (C=N–C) groups is 2. The van der Waals surface area contributed by atoms with Gasteiger partial charge in [-0.15, -0.1) is 0 Å². The van der Waals surface area contributed by atoms with Gasteiger partial charge < -0.3 is 9.13 Å². The van der Waals surface area contributed by atoms with Crippen molar-refractivity contribution in [2.75, 3.05) is 0 Å². The van der Waals surface area contributed by atoms with Gasteiger partial charge in [-0.25, -0.2) is 4.99 Å². The summed E-state index contributed by atoms with van der Waals surface area (Å²) >= 11 is 0. The van der Waals surface area contributed by atoms with Crippen molar-refractivity contribution in [3.63, 3.8) is 0 Å². The SMILES string of the molecule is C1=CCC(c2ccc(-n3c4c(c5ccc6c(c7ccccc7n6-c6ccc(C7=N/C(C8=CCCC8)CCC/C(c8ccccc8)=N\7)cc6)c53)C=CCC4)cc2)C=C1. The zero-order chi connectivity index (χ0) is 37.7. The minimum Gasteiger partial charge on any atom is -0.312 e. The number of fused-ring (bicyclic) bond motifs is 7. The quantitative estimate of drug-likeness (QED) is 0.152. The summed E-state index contributed by atoms with van der Waals surface area (Å²) in [6.45, 7) is 0. The summed E-state index contributed by atoms with van der Waals surface area (Å²) in [6, 6.07) is 42.9. The monoisotopic (exact) mass is 738 g/mol. The van der Waals surface area contributed by atoms with E-state index in [1.807, 2.05) is 0 Å². The number of aromatic nitrogens is 2. The molecule has 57 heavy (non-hydrogen) atoms. The minimum absolute atomic E-state index is 0.206. The van der Waals surface area contributed by atoms with Crippen molar-refractivity contribution in [1.29, 1.82) is 0 Å². The molecule has 7 aromatic rings. The molecule has 0 fully saturated rings. The van der Waals surface area contributed by atoms with Crippen LogP contribution in [0.2, 0.25) is 0 Å². The summed E-state index contributed by atoms with van der Waals surface area (Å²) in [7, 11) is 0. The zero-order valence-electron chi connectivity index (χ0n) is 32.3. The average molecular weight is 739 g/mol. The molecule has 3 aliphatic carbocycles. The van der Waals surface area contributed by atoms with Gasteiger partial charge in [0.1, 0.15) is 0 Å². The number of benzene rings is 5. The van der Waals surface area contributed by atoms with Crippen LogP contribution in [0.25, 0.3) is 50.2 Å². The summed E-state index contributed by atoms with van der Waals surface area (Å²) in [5, 5.41) is 3.89. The summed E-state index contributed by atoms with van der Waals surface area (Å²) in [5.41, 5.74) is 15.1. The van der Waals surface area contributed by atoms with Crippen molar-refractivity contribution < 1.29 is 0 Å². The highest BCUT2D eigenvalue weighted by molar-refractivity contribution is 6.22. The molecular formula is C53H46N4. The smallest absolute Gasteiger partial charge is 0.155 e. The predicted molar refractivity (Wildman–Crippen MR) is 240 cm³/mol. The summed E-state index contributed by atoms with van der Waals surface area (Å²) in [4.78, 5) is 10.8. The van der Waals surface area contributed by atoms with Gasteiger partial charge in [-0.05, 0) is 123 Å². The number of allylic oxidation sites excluding steroid dienone is 6. The maximum atomic E-state index is 5.43. The Kier molecular flexibility index (Phi) is 8.57. The van der Waals surface area contributed by atoms with Gasteiger partial charge in [0.25, 0.3) is 0 Å². The topological polar surface area (TPSA) is 34.6 Å². The van der Waals surface area contributed by atoms with Crippen LogP contribution < -0.4 is 0 Å². The van der Waals surface area contributed by atoms with E-state index < -0.39 is 0 Å². The second-order valence-corrected chi connectivity index (χ2v) is 16.1. The Balaban J connectivity index is 1.06. The van der Waals surface area contributed by atoms with Gasteiger partial charge >= 0.3 is 0 Å². The largest absolute Gasteiger partial charge is 0.312 e. The first-order valence-electron chi connectivity index (χ1n) is 21.0. The highest BCUT2D eigenvalue weighted by atomic mass is 15.0. The molecular weight excluding hydrogens is 693 g/mol. The van der Waals surface area contributed by atoms with Crippen molar-refractivity contribution in [2.24, 2.45) is 9.98 Å². The Hall–Kier alpha value is -6.26. The number of nitrogens with zero attached hydrogens (tertiary/aromatic N) is 4. The third-order valence-corrected chi connectivity index (χ3v) is 12.7. The zero-order valence-corrected chi connectivity index (χ0v) is 32.3. The highest BCUT2D eigenvalue weighted by Gasteiger charge is 2.25. The molecule has 2 atom stereocenters. The minimum atomic E-state index is 0.206. The second kappa shape index (κ2) is 14.4. The van der Waals surface area contributed by atoms with Crippen LogP contribution in [0.3, 0.4) is 0 Å². The van der Waals surface area contributed by atoms with Gasteiger partial charge in [0.2, 0.25) is 0 Å². The van der Waals surface area contributed by atoms with E-state index in [1.54, 1.807) is 0 Å². The molecule has 4 nitrogen and oxygen atoms in total. The fourth-order valence-electron chi connectivity index (χ4n) is 9.91. The van der Waals surface area contributed by atoms with Crippen LogP contribution in [0.1, 0.15) is 85.2 Å². The molecule has 4 heteroatoms. The Morgan fingerprint density at radius 3 is 2.26 bits per heavy atom. The molecule has 0 saturated carbocycles. The van der Waals surface area contributed by atoms with Crippen molar-refractivity contribution >= 4 is 50.3 Å². The number of amidine groups is 1. The third-order valence-electron chi connectivity index (χ3n) is 12.7. The molecule has 0 N–H and O–H groups in total. The molecule has 5 aromatic carbocycles. The number of hydrogen-bond acceptors (Lipinski definition) is 2. The van der Waals surface area contributed by atoms with Crippen molar-refractivity contribution in [1.82, 2.24) is 9.13 Å². The maximum Gasteiger partial charge on any atom is 0.155 e. The van der Waals surface area contributed by atoms with Gasteiger partial charge in [0.15, 0.2) is 5.84 Å². The summed E-state index contributed by atoms with van der Waals surface area (Å²) in [6.07, 6.45) is 25.9. The van der Waals surface area contributed by atoms with Crippen LogP contribution in [0.4, 0.5) is 0 Å². The van der Waals surface area contributed by atoms with Gasteiger partial charge in [-0.3, -0.25) is 4.99 Å². The Morgan fingerprint density at radius 2 is 1.44 bits per heavy atom. The first-order chi connectivity index (χ1) is 28.3. The van der Waals surface area contributed by atoms with E-state index in [2.05, 4.69) is 167 Å². The lowest BCUT2D eigenvalue weighted by molar-refractivity contribution is 0.639. The fourth-order valence-corrected chi connectivity index (χ4v) is 9.91. The number of hydrogen-bond donors (Lipinski definition) is 0. The molecule has 3 heterocycles. The lowest BCUT2D eigenvalue weighted by Crippen LogP contribution is -2.17. The van der Waals surface area contributed by atoms with E-state index in [9.17, 15) is 0 Å². The van der Waals surface area contributed by atoms with Crippen LogP contribution >= 0.6 is 0 Å². The molecule has 0 amide bonds. The molecule has 1 aliphatic heterocycles. The molecule has 11 rings (SSSR count).